The van der Waals surface area contributed by atoms with Crippen LogP contribution in [0, 0.1) is 11.6 Å². The van der Waals surface area contributed by atoms with E-state index < -0.39 is 11.6 Å². The van der Waals surface area contributed by atoms with E-state index in [1.54, 1.807) is 17.5 Å². The number of nitrogens with zero attached hydrogens (tertiary/aromatic N) is 2. The van der Waals surface area contributed by atoms with E-state index in [0.717, 1.165) is 30.3 Å². The lowest BCUT2D eigenvalue weighted by Gasteiger charge is -2.05. The van der Waals surface area contributed by atoms with Crippen LogP contribution >= 0.6 is 11.3 Å². The summed E-state index contributed by atoms with van der Waals surface area (Å²) >= 11 is 1.67. The highest BCUT2D eigenvalue weighted by Gasteiger charge is 2.21. The number of halogens is 2. The Kier molecular flexibility index (Phi) is 4.37. The molecule has 0 amide bonds. The Hall–Kier alpha value is -2.08. The Bertz CT molecular complexity index is 924. The number of hydrogen-bond acceptors (Lipinski definition) is 3. The minimum absolute atomic E-state index is 0.0398. The third-order valence-corrected chi connectivity index (χ3v) is 5.86. The van der Waals surface area contributed by atoms with Gasteiger partial charge in [0.05, 0.1) is 6.20 Å². The fourth-order valence-electron chi connectivity index (χ4n) is 3.50. The van der Waals surface area contributed by atoms with Gasteiger partial charge in [-0.25, -0.2) is 13.8 Å². The number of Topliss-reactive ketones (excluding diaryl/α,β-unsaturated/α-hetero) is 1. The monoisotopic (exact) mass is 360 g/mol. The van der Waals surface area contributed by atoms with Crippen molar-refractivity contribution in [3.05, 3.63) is 57.9 Å². The minimum Gasteiger partial charge on any atom is -0.292 e. The van der Waals surface area contributed by atoms with E-state index in [4.69, 9.17) is 0 Å². The van der Waals surface area contributed by atoms with E-state index in [2.05, 4.69) is 4.98 Å². The van der Waals surface area contributed by atoms with Gasteiger partial charge in [0.2, 0.25) is 0 Å². The summed E-state index contributed by atoms with van der Waals surface area (Å²) in [5.41, 5.74) is 2.30. The number of aryl methyl sites for hydroxylation is 3. The maximum atomic E-state index is 13.3. The maximum Gasteiger partial charge on any atom is 0.194 e. The number of fused-ring (bicyclic) bond motifs is 3. The molecule has 130 valence electrons. The number of benzene rings is 1. The Morgan fingerprint density at radius 3 is 2.68 bits per heavy atom. The molecular weight excluding hydrogens is 342 g/mol. The molecule has 0 atom stereocenters. The van der Waals surface area contributed by atoms with E-state index in [-0.39, 0.29) is 12.2 Å². The van der Waals surface area contributed by atoms with Crippen molar-refractivity contribution in [3.63, 3.8) is 0 Å². The summed E-state index contributed by atoms with van der Waals surface area (Å²) in [4.78, 5) is 19.3. The van der Waals surface area contributed by atoms with Gasteiger partial charge in [-0.2, -0.15) is 0 Å². The fourth-order valence-corrected chi connectivity index (χ4v) is 4.68. The van der Waals surface area contributed by atoms with Crippen LogP contribution in [-0.4, -0.2) is 15.2 Å². The zero-order valence-electron chi connectivity index (χ0n) is 13.7. The van der Waals surface area contributed by atoms with Gasteiger partial charge in [0.1, 0.15) is 17.3 Å². The highest BCUT2D eigenvalue weighted by Crippen LogP contribution is 2.30. The summed E-state index contributed by atoms with van der Waals surface area (Å²) in [6.45, 7) is 0. The lowest BCUT2D eigenvalue weighted by atomic mass is 10.1. The number of thiazole rings is 1. The molecule has 0 N–H and O–H groups in total. The molecule has 0 saturated heterocycles. The number of aromatic nitrogens is 2. The number of carbonyl (C=O) groups excluding carboxylic acids is 1. The number of hydrogen-bond donors (Lipinski definition) is 0. The van der Waals surface area contributed by atoms with Gasteiger partial charge >= 0.3 is 0 Å². The van der Waals surface area contributed by atoms with E-state index in [0.29, 0.717) is 17.7 Å². The molecule has 0 spiro atoms. The maximum absolute atomic E-state index is 13.3. The van der Waals surface area contributed by atoms with Gasteiger partial charge in [-0.05, 0) is 49.8 Å². The van der Waals surface area contributed by atoms with Crippen LogP contribution in [0.2, 0.25) is 0 Å². The molecule has 2 aromatic heterocycles. The van der Waals surface area contributed by atoms with Gasteiger partial charge in [-0.15, -0.1) is 11.3 Å². The number of rotatable bonds is 4. The van der Waals surface area contributed by atoms with Gasteiger partial charge in [-0.1, -0.05) is 6.42 Å². The normalized spacial score (nSPS) is 14.5. The third-order valence-electron chi connectivity index (χ3n) is 4.70. The average Bonchev–Trinajstić information content (AvgIpc) is 3.03. The topological polar surface area (TPSA) is 34.4 Å². The lowest BCUT2D eigenvalue weighted by molar-refractivity contribution is 0.0977. The van der Waals surface area contributed by atoms with Gasteiger partial charge in [0, 0.05) is 23.1 Å². The summed E-state index contributed by atoms with van der Waals surface area (Å²) < 4.78 is 28.6. The predicted molar refractivity (Wildman–Crippen MR) is 93.3 cm³/mol. The highest BCUT2D eigenvalue weighted by molar-refractivity contribution is 7.17. The predicted octanol–water partition coefficient (Wildman–Crippen LogP) is 4.76. The molecule has 1 aliphatic rings. The molecule has 25 heavy (non-hydrogen) atoms. The fraction of sp³-hybridized carbons (Fsp3) is 0.368. The molecule has 4 rings (SSSR count). The zero-order valence-corrected chi connectivity index (χ0v) is 14.5. The van der Waals surface area contributed by atoms with Gasteiger partial charge in [0.15, 0.2) is 10.7 Å². The molecule has 3 nitrogen and oxygen atoms in total. The first-order valence-electron chi connectivity index (χ1n) is 8.58. The van der Waals surface area contributed by atoms with Crippen LogP contribution in [0.5, 0.6) is 0 Å². The highest BCUT2D eigenvalue weighted by atomic mass is 32.1. The van der Waals surface area contributed by atoms with E-state index in [1.807, 2.05) is 4.40 Å². The van der Waals surface area contributed by atoms with E-state index in [1.165, 1.54) is 35.5 Å². The summed E-state index contributed by atoms with van der Waals surface area (Å²) in [6.07, 6.45) is 7.71. The van der Waals surface area contributed by atoms with Gasteiger partial charge in [-0.3, -0.25) is 9.20 Å². The molecule has 0 fully saturated rings. The van der Waals surface area contributed by atoms with Crippen molar-refractivity contribution in [1.82, 2.24) is 9.38 Å². The molecule has 0 radical (unpaired) electrons. The van der Waals surface area contributed by atoms with Crippen LogP contribution in [0.3, 0.4) is 0 Å². The third kappa shape index (κ3) is 3.23. The SMILES string of the molecule is O=C(CCc1cc(F)cc(F)c1)c1cnc2sc3c(n12)CCCCC3. The molecule has 0 unspecified atom stereocenters. The Balaban J connectivity index is 1.58. The standard InChI is InChI=1S/C19H18F2N2OS/c20-13-8-12(9-14(21)10-13)6-7-17(24)16-11-22-19-23(16)15-4-2-1-3-5-18(15)25-19/h8-11H,1-7H2. The summed E-state index contributed by atoms with van der Waals surface area (Å²) in [6, 6.07) is 3.39. The number of carbonyl (C=O) groups is 1. The molecule has 6 heteroatoms. The molecule has 3 aromatic rings. The van der Waals surface area contributed by atoms with E-state index >= 15 is 0 Å². The largest absolute Gasteiger partial charge is 0.292 e. The molecule has 2 heterocycles. The second kappa shape index (κ2) is 6.67. The Morgan fingerprint density at radius 1 is 1.12 bits per heavy atom. The summed E-state index contributed by atoms with van der Waals surface area (Å²) in [7, 11) is 0. The minimum atomic E-state index is -0.614. The molecule has 1 aliphatic carbocycles. The van der Waals surface area contributed by atoms with Crippen molar-refractivity contribution in [3.8, 4) is 0 Å². The Labute approximate surface area is 148 Å². The smallest absolute Gasteiger partial charge is 0.194 e. The Morgan fingerprint density at radius 2 is 1.88 bits per heavy atom. The van der Waals surface area contributed by atoms with Gasteiger partial charge in [0.25, 0.3) is 0 Å². The van der Waals surface area contributed by atoms with Crippen molar-refractivity contribution < 1.29 is 13.6 Å². The van der Waals surface area contributed by atoms with E-state index in [9.17, 15) is 13.6 Å². The van der Waals surface area contributed by atoms with Crippen molar-refractivity contribution in [2.45, 2.75) is 44.9 Å². The van der Waals surface area contributed by atoms with Crippen LogP contribution < -0.4 is 0 Å². The quantitative estimate of drug-likeness (QED) is 0.497. The van der Waals surface area contributed by atoms with Crippen LogP contribution in [0.25, 0.3) is 4.96 Å². The van der Waals surface area contributed by atoms with Crippen molar-refractivity contribution in [2.24, 2.45) is 0 Å². The summed E-state index contributed by atoms with van der Waals surface area (Å²) in [5, 5.41) is 0. The second-order valence-electron chi connectivity index (χ2n) is 6.49. The van der Waals surface area contributed by atoms with Crippen LogP contribution in [0.1, 0.15) is 52.3 Å². The van der Waals surface area contributed by atoms with Crippen molar-refractivity contribution in [2.75, 3.05) is 0 Å². The zero-order chi connectivity index (χ0) is 17.4. The second-order valence-corrected chi connectivity index (χ2v) is 7.56. The molecule has 0 saturated carbocycles. The lowest BCUT2D eigenvalue weighted by Crippen LogP contribution is -2.07. The van der Waals surface area contributed by atoms with Crippen molar-refractivity contribution >= 4 is 22.1 Å². The first kappa shape index (κ1) is 16.4. The number of ketones is 1. The van der Waals surface area contributed by atoms with Crippen LogP contribution in [-0.2, 0) is 19.3 Å². The summed E-state index contributed by atoms with van der Waals surface area (Å²) in [5.74, 6) is -1.27. The van der Waals surface area contributed by atoms with Crippen LogP contribution in [0.4, 0.5) is 8.78 Å². The molecule has 1 aromatic carbocycles. The van der Waals surface area contributed by atoms with Crippen LogP contribution in [0.15, 0.2) is 24.4 Å². The van der Waals surface area contributed by atoms with Crippen molar-refractivity contribution in [1.29, 1.82) is 0 Å². The first-order valence-corrected chi connectivity index (χ1v) is 9.39. The van der Waals surface area contributed by atoms with Gasteiger partial charge < -0.3 is 0 Å². The average molecular weight is 360 g/mol. The molecule has 0 bridgehead atoms. The number of imidazole rings is 1. The first-order chi connectivity index (χ1) is 12.1. The molecule has 0 aliphatic heterocycles. The molecular formula is C19H18F2N2OS.